The molecule has 0 aromatic carbocycles. The molecule has 0 aliphatic carbocycles. The maximum atomic E-state index is 12.0. The van der Waals surface area contributed by atoms with E-state index in [9.17, 15) is 13.2 Å². The second kappa shape index (κ2) is 5.98. The Kier molecular flexibility index (Phi) is 4.81. The highest BCUT2D eigenvalue weighted by Gasteiger charge is 2.21. The second-order valence-electron chi connectivity index (χ2n) is 5.08. The van der Waals surface area contributed by atoms with Crippen molar-refractivity contribution in [1.29, 1.82) is 5.26 Å². The normalized spacial score (nSPS) is 11.7. The molecule has 0 unspecified atom stereocenters. The van der Waals surface area contributed by atoms with E-state index in [4.69, 9.17) is 5.26 Å². The molecule has 1 amide bonds. The van der Waals surface area contributed by atoms with Crippen molar-refractivity contribution in [2.24, 2.45) is 0 Å². The molecule has 0 saturated heterocycles. The molecule has 1 aromatic heterocycles. The van der Waals surface area contributed by atoms with E-state index in [1.165, 1.54) is 18.3 Å². The summed E-state index contributed by atoms with van der Waals surface area (Å²) in [7, 11) is -3.95. The van der Waals surface area contributed by atoms with Gasteiger partial charge in [0, 0.05) is 11.7 Å². The third-order valence-electron chi connectivity index (χ3n) is 2.10. The van der Waals surface area contributed by atoms with Crippen molar-refractivity contribution in [3.05, 3.63) is 24.0 Å². The van der Waals surface area contributed by atoms with Gasteiger partial charge in [0.2, 0.25) is 15.9 Å². The lowest BCUT2D eigenvalue weighted by Gasteiger charge is -2.20. The zero-order valence-electron chi connectivity index (χ0n) is 11.5. The Hall–Kier alpha value is -1.98. The van der Waals surface area contributed by atoms with Crippen LogP contribution in [0.3, 0.4) is 0 Å². The molecule has 8 heteroatoms. The van der Waals surface area contributed by atoms with E-state index < -0.39 is 28.0 Å². The maximum absolute atomic E-state index is 12.0. The van der Waals surface area contributed by atoms with Crippen LogP contribution in [0.1, 0.15) is 26.5 Å². The van der Waals surface area contributed by atoms with Crippen LogP contribution < -0.4 is 10.0 Å². The molecule has 1 rings (SSSR count). The third-order valence-corrected chi connectivity index (χ3v) is 3.54. The fourth-order valence-corrected chi connectivity index (χ4v) is 2.48. The lowest BCUT2D eigenvalue weighted by molar-refractivity contribution is -0.121. The Bertz CT molecular complexity index is 641. The minimum absolute atomic E-state index is 0.212. The topological polar surface area (TPSA) is 112 Å². The summed E-state index contributed by atoms with van der Waals surface area (Å²) in [5.41, 5.74) is -0.662. The number of nitriles is 1. The van der Waals surface area contributed by atoms with Gasteiger partial charge in [0.25, 0.3) is 0 Å². The van der Waals surface area contributed by atoms with Crippen molar-refractivity contribution in [3.63, 3.8) is 0 Å². The average Bonchev–Trinajstić information content (AvgIpc) is 2.34. The number of carbonyl (C=O) groups is 1. The van der Waals surface area contributed by atoms with E-state index in [1.54, 1.807) is 26.8 Å². The standard InChI is InChI=1S/C12H16N4O3S/c1-12(2,3)16-11(17)8-15-20(18,19)10-5-4-6-14-9(10)7-13/h4-6,15H,8H2,1-3H3,(H,16,17). The molecular formula is C12H16N4O3S. The van der Waals surface area contributed by atoms with Gasteiger partial charge in [-0.05, 0) is 32.9 Å². The summed E-state index contributed by atoms with van der Waals surface area (Å²) in [6.45, 7) is 4.95. The molecule has 1 aromatic rings. The SMILES string of the molecule is CC(C)(C)NC(=O)CNS(=O)(=O)c1cccnc1C#N. The molecule has 1 heterocycles. The van der Waals surface area contributed by atoms with Gasteiger partial charge >= 0.3 is 0 Å². The predicted octanol–water partition coefficient (Wildman–Crippen LogP) is 0.146. The first-order valence-electron chi connectivity index (χ1n) is 5.81. The van der Waals surface area contributed by atoms with Gasteiger partial charge in [0.05, 0.1) is 6.54 Å². The largest absolute Gasteiger partial charge is 0.350 e. The summed E-state index contributed by atoms with van der Waals surface area (Å²) in [5.74, 6) is -0.455. The van der Waals surface area contributed by atoms with Crippen LogP contribution in [-0.4, -0.2) is 31.4 Å². The monoisotopic (exact) mass is 296 g/mol. The molecule has 0 radical (unpaired) electrons. The number of hydrogen-bond acceptors (Lipinski definition) is 5. The molecule has 7 nitrogen and oxygen atoms in total. The number of nitrogens with zero attached hydrogens (tertiary/aromatic N) is 2. The molecule has 0 atom stereocenters. The molecule has 0 aliphatic rings. The smallest absolute Gasteiger partial charge is 0.243 e. The second-order valence-corrected chi connectivity index (χ2v) is 6.82. The van der Waals surface area contributed by atoms with Crippen molar-refractivity contribution in [2.75, 3.05) is 6.54 Å². The number of rotatable bonds is 4. The first-order valence-corrected chi connectivity index (χ1v) is 7.30. The lowest BCUT2D eigenvalue weighted by Crippen LogP contribution is -2.45. The minimum atomic E-state index is -3.95. The van der Waals surface area contributed by atoms with Crippen molar-refractivity contribution >= 4 is 15.9 Å². The van der Waals surface area contributed by atoms with E-state index >= 15 is 0 Å². The predicted molar refractivity (Wildman–Crippen MR) is 72.0 cm³/mol. The number of amides is 1. The number of hydrogen-bond donors (Lipinski definition) is 2. The molecule has 20 heavy (non-hydrogen) atoms. The Morgan fingerprint density at radius 2 is 2.10 bits per heavy atom. The highest BCUT2D eigenvalue weighted by molar-refractivity contribution is 7.89. The van der Waals surface area contributed by atoms with Crippen LogP contribution in [0.5, 0.6) is 0 Å². The lowest BCUT2D eigenvalue weighted by atomic mass is 10.1. The highest BCUT2D eigenvalue weighted by Crippen LogP contribution is 2.11. The van der Waals surface area contributed by atoms with Crippen LogP contribution in [0.15, 0.2) is 23.2 Å². The van der Waals surface area contributed by atoms with Crippen LogP contribution in [0.2, 0.25) is 0 Å². The van der Waals surface area contributed by atoms with Crippen LogP contribution in [0.25, 0.3) is 0 Å². The first kappa shape index (κ1) is 16.1. The van der Waals surface area contributed by atoms with Crippen LogP contribution in [0.4, 0.5) is 0 Å². The summed E-state index contributed by atoms with van der Waals surface area (Å²) < 4.78 is 26.1. The fraction of sp³-hybridized carbons (Fsp3) is 0.417. The minimum Gasteiger partial charge on any atom is -0.350 e. The van der Waals surface area contributed by atoms with Gasteiger partial charge in [0.1, 0.15) is 11.0 Å². The van der Waals surface area contributed by atoms with Crippen molar-refractivity contribution in [3.8, 4) is 6.07 Å². The van der Waals surface area contributed by atoms with Gasteiger partial charge in [-0.2, -0.15) is 5.26 Å². The van der Waals surface area contributed by atoms with E-state index in [0.717, 1.165) is 0 Å². The van der Waals surface area contributed by atoms with Crippen LogP contribution >= 0.6 is 0 Å². The Balaban J connectivity index is 2.82. The maximum Gasteiger partial charge on any atom is 0.243 e. The molecule has 0 saturated carbocycles. The Labute approximate surface area is 118 Å². The molecular weight excluding hydrogens is 280 g/mol. The quantitative estimate of drug-likeness (QED) is 0.821. The zero-order chi connectivity index (χ0) is 15.4. The van der Waals surface area contributed by atoms with E-state index in [-0.39, 0.29) is 10.6 Å². The summed E-state index contributed by atoms with van der Waals surface area (Å²) in [5, 5.41) is 11.5. The van der Waals surface area contributed by atoms with Crippen molar-refractivity contribution in [2.45, 2.75) is 31.2 Å². The summed E-state index contributed by atoms with van der Waals surface area (Å²) >= 11 is 0. The van der Waals surface area contributed by atoms with Gasteiger partial charge in [-0.25, -0.2) is 18.1 Å². The molecule has 0 bridgehead atoms. The van der Waals surface area contributed by atoms with Crippen LogP contribution in [-0.2, 0) is 14.8 Å². The zero-order valence-corrected chi connectivity index (χ0v) is 12.3. The Morgan fingerprint density at radius 1 is 1.45 bits per heavy atom. The van der Waals surface area contributed by atoms with E-state index in [2.05, 4.69) is 15.0 Å². The van der Waals surface area contributed by atoms with E-state index in [0.29, 0.717) is 0 Å². The highest BCUT2D eigenvalue weighted by atomic mass is 32.2. The summed E-state index contributed by atoms with van der Waals surface area (Å²) in [4.78, 5) is 15.0. The fourth-order valence-electron chi connectivity index (χ4n) is 1.39. The number of carbonyl (C=O) groups excluding carboxylic acids is 1. The van der Waals surface area contributed by atoms with Gasteiger partial charge in [-0.15, -0.1) is 0 Å². The molecule has 0 aliphatic heterocycles. The van der Waals surface area contributed by atoms with Crippen molar-refractivity contribution < 1.29 is 13.2 Å². The number of sulfonamides is 1. The van der Waals surface area contributed by atoms with Gasteiger partial charge < -0.3 is 5.32 Å². The summed E-state index contributed by atoms with van der Waals surface area (Å²) in [6, 6.07) is 4.36. The van der Waals surface area contributed by atoms with Gasteiger partial charge in [-0.1, -0.05) is 0 Å². The van der Waals surface area contributed by atoms with Gasteiger partial charge in [-0.3, -0.25) is 4.79 Å². The molecule has 0 fully saturated rings. The third kappa shape index (κ3) is 4.60. The number of aromatic nitrogens is 1. The Morgan fingerprint density at radius 3 is 2.65 bits per heavy atom. The average molecular weight is 296 g/mol. The van der Waals surface area contributed by atoms with Crippen LogP contribution in [0, 0.1) is 11.3 Å². The number of pyridine rings is 1. The summed E-state index contributed by atoms with van der Waals surface area (Å²) in [6.07, 6.45) is 1.32. The molecule has 0 spiro atoms. The number of nitrogens with one attached hydrogen (secondary N) is 2. The molecule has 2 N–H and O–H groups in total. The molecule has 108 valence electrons. The van der Waals surface area contributed by atoms with Gasteiger partial charge in [0.15, 0.2) is 5.69 Å². The first-order chi connectivity index (χ1) is 9.15. The van der Waals surface area contributed by atoms with Crippen molar-refractivity contribution in [1.82, 2.24) is 15.0 Å². The van der Waals surface area contributed by atoms with E-state index in [1.807, 2.05) is 0 Å².